The number of nitrogens with two attached hydrogens (primary N) is 1. The van der Waals surface area contributed by atoms with E-state index < -0.39 is 28.3 Å². The second kappa shape index (κ2) is 11.2. The molecule has 0 amide bonds. The number of hydrogen-bond acceptors (Lipinski definition) is 8. The highest BCUT2D eigenvalue weighted by atomic mass is 32.3. The molecule has 0 saturated heterocycles. The van der Waals surface area contributed by atoms with E-state index in [0.29, 0.717) is 29.3 Å². The van der Waals surface area contributed by atoms with Gasteiger partial charge in [-0.05, 0) is 37.3 Å². The normalized spacial score (nSPS) is 21.3. The van der Waals surface area contributed by atoms with Crippen LogP contribution >= 0.6 is 22.5 Å². The number of aliphatic carboxylic acids is 1. The Hall–Kier alpha value is -1.95. The van der Waals surface area contributed by atoms with Crippen LogP contribution in [-0.4, -0.2) is 51.2 Å². The second-order valence-corrected chi connectivity index (χ2v) is 11.1. The molecule has 0 bridgehead atoms. The molecule has 0 saturated carbocycles. The highest BCUT2D eigenvalue weighted by Crippen LogP contribution is 2.57. The van der Waals surface area contributed by atoms with Gasteiger partial charge in [0.1, 0.15) is 23.3 Å². The van der Waals surface area contributed by atoms with Gasteiger partial charge in [-0.3, -0.25) is 13.9 Å². The van der Waals surface area contributed by atoms with Crippen LogP contribution in [0.2, 0.25) is 0 Å². The summed E-state index contributed by atoms with van der Waals surface area (Å²) in [5.74, 6) is -0.791. The van der Waals surface area contributed by atoms with Crippen molar-refractivity contribution in [1.29, 1.82) is 0 Å². The van der Waals surface area contributed by atoms with Gasteiger partial charge in [-0.2, -0.15) is 0 Å². The lowest BCUT2D eigenvalue weighted by Crippen LogP contribution is -2.51. The lowest BCUT2D eigenvalue weighted by molar-refractivity contribution is -0.139. The van der Waals surface area contributed by atoms with Crippen LogP contribution in [0.4, 0.5) is 11.4 Å². The van der Waals surface area contributed by atoms with Gasteiger partial charge in [0.25, 0.3) is 0 Å². The average molecular weight is 510 g/mol. The molecule has 0 radical (unpaired) electrons. The number of carbonyl (C=O) groups is 1. The molecule has 0 aromatic heterocycles. The Morgan fingerprint density at radius 2 is 2.00 bits per heavy atom. The average Bonchev–Trinajstić information content (AvgIpc) is 2.93. The standard InChI is InChI=1S/C24H35N3O5S2/c1-4-6-12-24(5-2)16-27(17-10-8-7-9-11-17)19-13-21(33-3)20(32-15-18(25)23(28)29)14-22(19)34(30,31)26-24/h7-11,13-14,18,26,30-31H,4-6,12,15-16,25H2,1-3H3,(H,28,29). The number of hydrogen-bond donors (Lipinski definition) is 5. The first-order valence-corrected chi connectivity index (χ1v) is 14.2. The topological polar surface area (TPSA) is 128 Å². The van der Waals surface area contributed by atoms with Gasteiger partial charge >= 0.3 is 5.97 Å². The number of nitrogens with one attached hydrogen (secondary N) is 1. The molecule has 2 aromatic rings. The van der Waals surface area contributed by atoms with Crippen molar-refractivity contribution < 1.29 is 23.7 Å². The molecule has 0 spiro atoms. The fourth-order valence-electron chi connectivity index (χ4n) is 4.11. The number of carboxylic acids is 1. The Morgan fingerprint density at radius 1 is 1.29 bits per heavy atom. The van der Waals surface area contributed by atoms with Crippen molar-refractivity contribution in [3.63, 3.8) is 0 Å². The molecule has 6 N–H and O–H groups in total. The zero-order chi connectivity index (χ0) is 24.9. The van der Waals surface area contributed by atoms with E-state index in [2.05, 4.69) is 23.5 Å². The summed E-state index contributed by atoms with van der Waals surface area (Å²) >= 11 is 1.44. The van der Waals surface area contributed by atoms with Crippen LogP contribution < -0.4 is 20.1 Å². The van der Waals surface area contributed by atoms with Crippen LogP contribution in [0, 0.1) is 0 Å². The number of thioether (sulfide) groups is 1. The van der Waals surface area contributed by atoms with Crippen molar-refractivity contribution in [2.45, 2.75) is 60.9 Å². The molecule has 34 heavy (non-hydrogen) atoms. The molecule has 1 aliphatic heterocycles. The minimum absolute atomic E-state index is 0.230. The Bertz CT molecular complexity index is 992. The van der Waals surface area contributed by atoms with Gasteiger partial charge in [0.05, 0.1) is 16.1 Å². The summed E-state index contributed by atoms with van der Waals surface area (Å²) in [6, 6.07) is 12.2. The fraction of sp³-hybridized carbons (Fsp3) is 0.458. The largest absolute Gasteiger partial charge is 0.490 e. The van der Waals surface area contributed by atoms with Crippen molar-refractivity contribution >= 4 is 39.9 Å². The summed E-state index contributed by atoms with van der Waals surface area (Å²) in [7, 11) is -3.40. The van der Waals surface area contributed by atoms with Crippen molar-refractivity contribution in [3.8, 4) is 5.75 Å². The highest BCUT2D eigenvalue weighted by Gasteiger charge is 2.41. The maximum atomic E-state index is 11.4. The zero-order valence-corrected chi connectivity index (χ0v) is 21.5. The van der Waals surface area contributed by atoms with Crippen LogP contribution in [-0.2, 0) is 4.79 Å². The molecule has 0 aliphatic carbocycles. The Balaban J connectivity index is 2.16. The van der Waals surface area contributed by atoms with Crippen LogP contribution in [0.3, 0.4) is 0 Å². The van der Waals surface area contributed by atoms with Crippen LogP contribution in [0.1, 0.15) is 39.5 Å². The van der Waals surface area contributed by atoms with Crippen molar-refractivity contribution in [3.05, 3.63) is 42.5 Å². The second-order valence-electron chi connectivity index (χ2n) is 8.54. The van der Waals surface area contributed by atoms with Gasteiger partial charge in [0.15, 0.2) is 0 Å². The SMILES string of the molecule is CCCCC1(CC)CN(c2ccccc2)c2cc(SC)c(OCC(N)C(=O)O)cc2S(O)(O)N1. The third kappa shape index (κ3) is 5.81. The van der Waals surface area contributed by atoms with Crippen LogP contribution in [0.25, 0.3) is 0 Å². The molecule has 1 heterocycles. The third-order valence-corrected chi connectivity index (χ3v) is 8.57. The highest BCUT2D eigenvalue weighted by molar-refractivity contribution is 8.22. The predicted molar refractivity (Wildman–Crippen MR) is 140 cm³/mol. The van der Waals surface area contributed by atoms with E-state index in [-0.39, 0.29) is 6.61 Å². The molecule has 3 rings (SSSR count). The molecule has 188 valence electrons. The van der Waals surface area contributed by atoms with Gasteiger partial charge in [-0.15, -0.1) is 22.5 Å². The maximum absolute atomic E-state index is 11.4. The van der Waals surface area contributed by atoms with E-state index in [1.807, 2.05) is 42.7 Å². The summed E-state index contributed by atoms with van der Waals surface area (Å²) in [6.07, 6.45) is 5.35. The van der Waals surface area contributed by atoms with Gasteiger partial charge in [-0.1, -0.05) is 44.9 Å². The summed E-state index contributed by atoms with van der Waals surface area (Å²) in [4.78, 5) is 14.4. The van der Waals surface area contributed by atoms with E-state index in [1.54, 1.807) is 6.07 Å². The fourth-order valence-corrected chi connectivity index (χ4v) is 6.42. The number of rotatable bonds is 10. The smallest absolute Gasteiger partial charge is 0.324 e. The molecule has 2 aromatic carbocycles. The van der Waals surface area contributed by atoms with Crippen molar-refractivity contribution in [1.82, 2.24) is 4.72 Å². The van der Waals surface area contributed by atoms with Gasteiger partial charge in [0, 0.05) is 18.3 Å². The Morgan fingerprint density at radius 3 is 2.59 bits per heavy atom. The first-order valence-electron chi connectivity index (χ1n) is 11.4. The maximum Gasteiger partial charge on any atom is 0.324 e. The lowest BCUT2D eigenvalue weighted by Gasteiger charge is -2.42. The molecule has 1 aliphatic rings. The molecular weight excluding hydrogens is 474 g/mol. The van der Waals surface area contributed by atoms with Crippen molar-refractivity contribution in [2.75, 3.05) is 24.3 Å². The van der Waals surface area contributed by atoms with Gasteiger partial charge < -0.3 is 20.5 Å². The quantitative estimate of drug-likeness (QED) is 0.271. The number of unbranched alkanes of at least 4 members (excludes halogenated alkanes) is 1. The van der Waals surface area contributed by atoms with E-state index >= 15 is 0 Å². The zero-order valence-electron chi connectivity index (χ0n) is 19.9. The lowest BCUT2D eigenvalue weighted by atomic mass is 9.89. The van der Waals surface area contributed by atoms with Crippen molar-refractivity contribution in [2.24, 2.45) is 5.73 Å². The molecule has 2 atom stereocenters. The minimum atomic E-state index is -3.40. The summed E-state index contributed by atoms with van der Waals surface area (Å²) in [5.41, 5.74) is 6.74. The van der Waals surface area contributed by atoms with E-state index in [9.17, 15) is 13.9 Å². The van der Waals surface area contributed by atoms with Crippen LogP contribution in [0.15, 0.2) is 52.3 Å². The molecular formula is C24H35N3O5S2. The van der Waals surface area contributed by atoms with E-state index in [1.165, 1.54) is 11.8 Å². The number of ether oxygens (including phenoxy) is 1. The van der Waals surface area contributed by atoms with Gasteiger partial charge in [0.2, 0.25) is 0 Å². The predicted octanol–water partition coefficient (Wildman–Crippen LogP) is 5.30. The summed E-state index contributed by atoms with van der Waals surface area (Å²) < 4.78 is 31.8. The number of benzene rings is 2. The third-order valence-electron chi connectivity index (χ3n) is 6.15. The molecule has 8 nitrogen and oxygen atoms in total. The number of anilines is 2. The summed E-state index contributed by atoms with van der Waals surface area (Å²) in [6.45, 7) is 4.52. The Labute approximate surface area is 207 Å². The summed E-state index contributed by atoms with van der Waals surface area (Å²) in [5, 5.41) is 9.11. The van der Waals surface area contributed by atoms with E-state index in [4.69, 9.17) is 15.6 Å². The molecule has 0 fully saturated rings. The van der Waals surface area contributed by atoms with Gasteiger partial charge in [-0.25, -0.2) is 4.72 Å². The number of nitrogens with zero attached hydrogens (tertiary/aromatic N) is 1. The number of para-hydroxylation sites is 1. The Kier molecular flexibility index (Phi) is 8.77. The monoisotopic (exact) mass is 509 g/mol. The van der Waals surface area contributed by atoms with Crippen LogP contribution in [0.5, 0.6) is 5.75 Å². The number of fused-ring (bicyclic) bond motifs is 1. The van der Waals surface area contributed by atoms with E-state index in [0.717, 1.165) is 29.8 Å². The molecule has 10 heteroatoms. The molecule has 2 unspecified atom stereocenters. The first kappa shape index (κ1) is 26.7. The first-order chi connectivity index (χ1) is 16.2. The number of carboxylic acid groups (broad SMARTS) is 1. The minimum Gasteiger partial charge on any atom is -0.490 e.